The number of hydrogen-bond donors (Lipinski definition) is 0. The molecular weight excluding hydrogens is 470 g/mol. The van der Waals surface area contributed by atoms with Gasteiger partial charge in [-0.05, 0) is 32.9 Å². The molecule has 1 fully saturated rings. The normalized spacial score (nSPS) is 21.3. The van der Waals surface area contributed by atoms with E-state index in [-0.39, 0.29) is 22.6 Å². The smallest absolute Gasteiger partial charge is 0.355 e. The molecule has 1 aromatic carbocycles. The number of hydrogen-bond acceptors (Lipinski definition) is 10. The van der Waals surface area contributed by atoms with E-state index in [0.29, 0.717) is 0 Å². The summed E-state index contributed by atoms with van der Waals surface area (Å²) in [5.41, 5.74) is -1.43. The van der Waals surface area contributed by atoms with Gasteiger partial charge in [0, 0.05) is 19.6 Å². The van der Waals surface area contributed by atoms with Crippen LogP contribution in [0.15, 0.2) is 35.5 Å². The SMILES string of the molecule is CO[C@H]1C(=O)N2C(C(=O)OC(C)(C)C)=C(COC(=O)c3ccccc3OC(C)=O)CS(=O)(=O)C12. The number of para-hydroxylation sites is 1. The summed E-state index contributed by atoms with van der Waals surface area (Å²) < 4.78 is 46.3. The molecule has 2 heterocycles. The average molecular weight is 496 g/mol. The number of sulfone groups is 1. The molecule has 0 bridgehead atoms. The minimum absolute atomic E-state index is 0.0430. The van der Waals surface area contributed by atoms with Gasteiger partial charge in [-0.3, -0.25) is 14.5 Å². The Morgan fingerprint density at radius 1 is 1.12 bits per heavy atom. The first-order valence-electron chi connectivity index (χ1n) is 10.2. The minimum Gasteiger partial charge on any atom is -0.457 e. The number of ether oxygens (including phenoxy) is 4. The maximum absolute atomic E-state index is 12.9. The predicted octanol–water partition coefficient (Wildman–Crippen LogP) is 0.976. The number of nitrogens with zero attached hydrogens (tertiary/aromatic N) is 1. The van der Waals surface area contributed by atoms with E-state index in [2.05, 4.69) is 0 Å². The molecule has 0 radical (unpaired) electrons. The van der Waals surface area contributed by atoms with Crippen molar-refractivity contribution in [1.29, 1.82) is 0 Å². The van der Waals surface area contributed by atoms with Gasteiger partial charge in [-0.1, -0.05) is 12.1 Å². The second-order valence-corrected chi connectivity index (χ2v) is 10.8. The van der Waals surface area contributed by atoms with Crippen LogP contribution in [0.5, 0.6) is 5.75 Å². The Balaban J connectivity index is 1.95. The summed E-state index contributed by atoms with van der Waals surface area (Å²) in [6.07, 6.45) is -1.25. The van der Waals surface area contributed by atoms with Crippen molar-refractivity contribution >= 4 is 33.7 Å². The summed E-state index contributed by atoms with van der Waals surface area (Å²) >= 11 is 0. The zero-order valence-corrected chi connectivity index (χ0v) is 20.1. The molecule has 184 valence electrons. The fourth-order valence-corrected chi connectivity index (χ4v) is 5.61. The van der Waals surface area contributed by atoms with E-state index in [1.165, 1.54) is 32.2 Å². The molecular formula is C22H25NO10S. The first-order valence-corrected chi connectivity index (χ1v) is 12.0. The molecule has 12 heteroatoms. The predicted molar refractivity (Wildman–Crippen MR) is 116 cm³/mol. The van der Waals surface area contributed by atoms with E-state index < -0.39 is 63.1 Å². The lowest BCUT2D eigenvalue weighted by atomic mass is 10.0. The molecule has 1 unspecified atom stereocenters. The molecule has 34 heavy (non-hydrogen) atoms. The number of fused-ring (bicyclic) bond motifs is 1. The van der Waals surface area contributed by atoms with Crippen molar-refractivity contribution in [2.45, 2.75) is 44.8 Å². The van der Waals surface area contributed by atoms with Crippen molar-refractivity contribution in [3.05, 3.63) is 41.1 Å². The second kappa shape index (κ2) is 9.18. The standard InChI is InChI=1S/C22H25NO10S/c1-12(24)32-15-9-7-6-8-14(15)20(26)31-10-13-11-34(28,29)19-17(30-5)18(25)23(19)16(13)21(27)33-22(2,3)4/h6-9,17,19H,10-11H2,1-5H3/t17-,19?/m0/s1. The Bertz CT molecular complexity index is 1180. The van der Waals surface area contributed by atoms with Crippen LogP contribution in [0.1, 0.15) is 38.1 Å². The maximum Gasteiger partial charge on any atom is 0.355 e. The first-order chi connectivity index (χ1) is 15.8. The van der Waals surface area contributed by atoms with Gasteiger partial charge in [0.15, 0.2) is 21.3 Å². The number of benzene rings is 1. The highest BCUT2D eigenvalue weighted by Gasteiger charge is 2.61. The fraction of sp³-hybridized carbons (Fsp3) is 0.455. The van der Waals surface area contributed by atoms with Crippen LogP contribution in [0.25, 0.3) is 0 Å². The van der Waals surface area contributed by atoms with Crippen molar-refractivity contribution in [2.24, 2.45) is 0 Å². The zero-order valence-electron chi connectivity index (χ0n) is 19.3. The Labute approximate surface area is 196 Å². The van der Waals surface area contributed by atoms with Crippen molar-refractivity contribution in [3.63, 3.8) is 0 Å². The number of carbonyl (C=O) groups is 4. The topological polar surface area (TPSA) is 143 Å². The second-order valence-electron chi connectivity index (χ2n) is 8.68. The highest BCUT2D eigenvalue weighted by molar-refractivity contribution is 7.92. The number of rotatable bonds is 6. The Hall–Kier alpha value is -3.25. The number of amides is 1. The molecule has 3 rings (SSSR count). The molecule has 0 aliphatic carbocycles. The minimum atomic E-state index is -3.96. The quantitative estimate of drug-likeness (QED) is 0.318. The number of carbonyl (C=O) groups excluding carboxylic acids is 4. The maximum atomic E-state index is 12.9. The summed E-state index contributed by atoms with van der Waals surface area (Å²) in [6, 6.07) is 5.82. The van der Waals surface area contributed by atoms with Crippen LogP contribution in [0.3, 0.4) is 0 Å². The van der Waals surface area contributed by atoms with E-state index in [0.717, 1.165) is 4.90 Å². The third kappa shape index (κ3) is 4.97. The summed E-state index contributed by atoms with van der Waals surface area (Å²) in [4.78, 5) is 50.3. The third-order valence-electron chi connectivity index (χ3n) is 4.90. The summed E-state index contributed by atoms with van der Waals surface area (Å²) in [7, 11) is -2.76. The third-order valence-corrected chi connectivity index (χ3v) is 6.84. The molecule has 1 aromatic rings. The van der Waals surface area contributed by atoms with Crippen molar-refractivity contribution in [3.8, 4) is 5.75 Å². The Kier molecular flexibility index (Phi) is 6.85. The van der Waals surface area contributed by atoms with Gasteiger partial charge >= 0.3 is 17.9 Å². The largest absolute Gasteiger partial charge is 0.457 e. The van der Waals surface area contributed by atoms with Gasteiger partial charge in [0.05, 0.1) is 5.75 Å². The van der Waals surface area contributed by atoms with Gasteiger partial charge in [0.1, 0.15) is 29.2 Å². The molecule has 1 amide bonds. The molecule has 2 atom stereocenters. The fourth-order valence-electron chi connectivity index (χ4n) is 3.60. The molecule has 1 saturated heterocycles. The van der Waals surface area contributed by atoms with Crippen LogP contribution in [-0.4, -0.2) is 73.7 Å². The number of esters is 3. The van der Waals surface area contributed by atoms with Gasteiger partial charge in [-0.25, -0.2) is 18.0 Å². The van der Waals surface area contributed by atoms with Crippen LogP contribution in [0.4, 0.5) is 0 Å². The molecule has 0 aromatic heterocycles. The van der Waals surface area contributed by atoms with Crippen LogP contribution < -0.4 is 4.74 Å². The Morgan fingerprint density at radius 3 is 2.35 bits per heavy atom. The lowest BCUT2D eigenvalue weighted by molar-refractivity contribution is -0.167. The average Bonchev–Trinajstić information content (AvgIpc) is 2.70. The molecule has 2 aliphatic rings. The highest BCUT2D eigenvalue weighted by atomic mass is 32.2. The van der Waals surface area contributed by atoms with Crippen molar-refractivity contribution in [2.75, 3.05) is 19.5 Å². The zero-order chi connectivity index (χ0) is 25.4. The number of β-lactam (4-membered cyclic amide) rings is 1. The van der Waals surface area contributed by atoms with Gasteiger partial charge in [0.2, 0.25) is 0 Å². The summed E-state index contributed by atoms with van der Waals surface area (Å²) in [5.74, 6) is -3.91. The van der Waals surface area contributed by atoms with Crippen LogP contribution in [0, 0.1) is 0 Å². The molecule has 0 spiro atoms. The molecule has 0 N–H and O–H groups in total. The van der Waals surface area contributed by atoms with Crippen LogP contribution in [0.2, 0.25) is 0 Å². The highest BCUT2D eigenvalue weighted by Crippen LogP contribution is 2.39. The summed E-state index contributed by atoms with van der Waals surface area (Å²) in [6.45, 7) is 5.40. The van der Waals surface area contributed by atoms with E-state index >= 15 is 0 Å². The monoisotopic (exact) mass is 495 g/mol. The van der Waals surface area contributed by atoms with Gasteiger partial charge in [-0.2, -0.15) is 0 Å². The summed E-state index contributed by atoms with van der Waals surface area (Å²) in [5, 5.41) is -1.38. The van der Waals surface area contributed by atoms with Crippen molar-refractivity contribution in [1.82, 2.24) is 4.90 Å². The van der Waals surface area contributed by atoms with Gasteiger partial charge in [-0.15, -0.1) is 0 Å². The molecule has 11 nitrogen and oxygen atoms in total. The lowest BCUT2D eigenvalue weighted by Gasteiger charge is -2.48. The van der Waals surface area contributed by atoms with E-state index in [1.54, 1.807) is 26.8 Å². The van der Waals surface area contributed by atoms with Crippen LogP contribution >= 0.6 is 0 Å². The number of methoxy groups -OCH3 is 1. The Morgan fingerprint density at radius 2 is 1.76 bits per heavy atom. The van der Waals surface area contributed by atoms with Crippen molar-refractivity contribution < 1.29 is 46.5 Å². The van der Waals surface area contributed by atoms with Gasteiger partial charge in [0.25, 0.3) is 5.91 Å². The first kappa shape index (κ1) is 25.4. The lowest BCUT2D eigenvalue weighted by Crippen LogP contribution is -2.70. The molecule has 0 saturated carbocycles. The van der Waals surface area contributed by atoms with E-state index in [1.807, 2.05) is 0 Å². The van der Waals surface area contributed by atoms with E-state index in [4.69, 9.17) is 18.9 Å². The van der Waals surface area contributed by atoms with E-state index in [9.17, 15) is 27.6 Å². The molecule has 2 aliphatic heterocycles. The van der Waals surface area contributed by atoms with Crippen LogP contribution in [-0.2, 0) is 38.4 Å². The van der Waals surface area contributed by atoms with Gasteiger partial charge < -0.3 is 18.9 Å².